The van der Waals surface area contributed by atoms with Gasteiger partial charge in [0.2, 0.25) is 5.89 Å². The van der Waals surface area contributed by atoms with Crippen LogP contribution in [0.25, 0.3) is 0 Å². The van der Waals surface area contributed by atoms with Crippen LogP contribution in [0.1, 0.15) is 17.1 Å². The van der Waals surface area contributed by atoms with Crippen LogP contribution in [-0.4, -0.2) is 25.8 Å². The number of nitrogen functional groups attached to an aromatic ring is 1. The quantitative estimate of drug-likeness (QED) is 0.619. The van der Waals surface area contributed by atoms with E-state index in [1.807, 2.05) is 0 Å². The monoisotopic (exact) mass is 252 g/mol. The Morgan fingerprint density at radius 1 is 1.41 bits per heavy atom. The van der Waals surface area contributed by atoms with E-state index in [1.165, 1.54) is 11.8 Å². The summed E-state index contributed by atoms with van der Waals surface area (Å²) in [5.41, 5.74) is 6.85. The van der Waals surface area contributed by atoms with E-state index >= 15 is 0 Å². The minimum Gasteiger partial charge on any atom is -0.416 e. The summed E-state index contributed by atoms with van der Waals surface area (Å²) in [6, 6.07) is 0. The van der Waals surface area contributed by atoms with Crippen LogP contribution in [0.5, 0.6) is 0 Å². The van der Waals surface area contributed by atoms with Gasteiger partial charge in [0, 0.05) is 14.0 Å². The lowest BCUT2D eigenvalue weighted by molar-refractivity contribution is 0.428. The second-order valence-electron chi connectivity index (χ2n) is 3.49. The van der Waals surface area contributed by atoms with Gasteiger partial charge in [-0.1, -0.05) is 0 Å². The third-order valence-corrected chi connectivity index (χ3v) is 3.13. The average molecular weight is 252 g/mol. The van der Waals surface area contributed by atoms with Gasteiger partial charge in [-0.25, -0.2) is 0 Å². The minimum atomic E-state index is -0.0191. The molecule has 0 unspecified atom stereocenters. The highest BCUT2D eigenvalue weighted by atomic mass is 32.2. The fourth-order valence-electron chi connectivity index (χ4n) is 1.47. The van der Waals surface area contributed by atoms with Gasteiger partial charge in [0.25, 0.3) is 5.22 Å². The number of aryl methyl sites for hydroxylation is 3. The predicted octanol–water partition coefficient (Wildman–Crippen LogP) is 0.855. The second-order valence-corrected chi connectivity index (χ2v) is 4.43. The molecule has 17 heavy (non-hydrogen) atoms. The molecule has 0 aliphatic rings. The van der Waals surface area contributed by atoms with Crippen LogP contribution >= 0.6 is 11.8 Å². The van der Waals surface area contributed by atoms with Crippen LogP contribution in [0.2, 0.25) is 0 Å². The zero-order valence-corrected chi connectivity index (χ0v) is 10.5. The highest BCUT2D eigenvalue weighted by Gasteiger charge is 2.19. The van der Waals surface area contributed by atoms with Crippen molar-refractivity contribution in [2.75, 3.05) is 0 Å². The zero-order valence-electron chi connectivity index (χ0n) is 9.68. The van der Waals surface area contributed by atoms with Crippen LogP contribution in [0.4, 0.5) is 0 Å². The van der Waals surface area contributed by atoms with Crippen molar-refractivity contribution in [1.82, 2.24) is 20.0 Å². The van der Waals surface area contributed by atoms with E-state index in [0.717, 1.165) is 5.03 Å². The van der Waals surface area contributed by atoms with Crippen LogP contribution in [0.15, 0.2) is 14.7 Å². The predicted molar refractivity (Wildman–Crippen MR) is 62.1 cm³/mol. The summed E-state index contributed by atoms with van der Waals surface area (Å²) in [6.45, 7) is 3.53. The molecule has 0 aliphatic carbocycles. The number of hydrogen-bond donors (Lipinski definition) is 2. The first-order valence-corrected chi connectivity index (χ1v) is 5.66. The molecule has 0 fully saturated rings. The molecule has 2 aromatic rings. The Bertz CT molecular complexity index is 572. The number of nitrogens with two attached hydrogens (primary N) is 1. The Morgan fingerprint density at radius 3 is 2.65 bits per heavy atom. The normalized spacial score (nSPS) is 10.8. The molecule has 0 bridgehead atoms. The van der Waals surface area contributed by atoms with E-state index < -0.39 is 0 Å². The molecular formula is C9H12N6OS. The number of nitrogens with zero attached hydrogens (tertiary/aromatic N) is 4. The molecule has 0 saturated carbocycles. The first kappa shape index (κ1) is 11.6. The van der Waals surface area contributed by atoms with Gasteiger partial charge >= 0.3 is 0 Å². The molecule has 2 aromatic heterocycles. The lowest BCUT2D eigenvalue weighted by atomic mass is 10.2. The molecule has 2 rings (SSSR count). The first-order chi connectivity index (χ1) is 7.99. The van der Waals surface area contributed by atoms with Gasteiger partial charge in [0.1, 0.15) is 10.9 Å². The van der Waals surface area contributed by atoms with Crippen molar-refractivity contribution in [3.8, 4) is 0 Å². The van der Waals surface area contributed by atoms with Crippen LogP contribution in [0, 0.1) is 19.3 Å². The molecule has 0 aromatic carbocycles. The lowest BCUT2D eigenvalue weighted by Crippen LogP contribution is -2.13. The molecule has 0 radical (unpaired) electrons. The maximum atomic E-state index is 7.55. The molecule has 0 spiro atoms. The van der Waals surface area contributed by atoms with Crippen molar-refractivity contribution in [3.63, 3.8) is 0 Å². The smallest absolute Gasteiger partial charge is 0.282 e. The van der Waals surface area contributed by atoms with Crippen molar-refractivity contribution in [2.45, 2.75) is 24.1 Å². The van der Waals surface area contributed by atoms with E-state index in [9.17, 15) is 0 Å². The third-order valence-electron chi connectivity index (χ3n) is 2.13. The van der Waals surface area contributed by atoms with Crippen molar-refractivity contribution in [3.05, 3.63) is 17.1 Å². The van der Waals surface area contributed by atoms with Gasteiger partial charge in [0.05, 0.1) is 11.3 Å². The molecule has 3 N–H and O–H groups in total. The molecule has 2 heterocycles. The molecule has 0 aliphatic heterocycles. The SMILES string of the molecule is Cc1nnc(Sc2c(C(=N)N)c(C)nn2C)o1. The van der Waals surface area contributed by atoms with Crippen LogP contribution in [-0.2, 0) is 7.05 Å². The maximum Gasteiger partial charge on any atom is 0.282 e. The van der Waals surface area contributed by atoms with Crippen molar-refractivity contribution in [2.24, 2.45) is 12.8 Å². The molecule has 0 saturated heterocycles. The second kappa shape index (κ2) is 4.21. The van der Waals surface area contributed by atoms with Crippen LogP contribution < -0.4 is 5.73 Å². The standard InChI is InChI=1S/C9H12N6OS/c1-4-6(7(10)11)8(15(3)14-4)17-9-13-12-5(2)16-9/h1-3H3,(H3,10,11). The van der Waals surface area contributed by atoms with Gasteiger partial charge in [-0.3, -0.25) is 10.1 Å². The number of amidine groups is 1. The summed E-state index contributed by atoms with van der Waals surface area (Å²) in [4.78, 5) is 0. The highest BCUT2D eigenvalue weighted by Crippen LogP contribution is 2.30. The molecule has 0 atom stereocenters. The molecule has 8 heteroatoms. The summed E-state index contributed by atoms with van der Waals surface area (Å²) in [5, 5.41) is 20.5. The van der Waals surface area contributed by atoms with Gasteiger partial charge in [-0.05, 0) is 18.7 Å². The van der Waals surface area contributed by atoms with E-state index in [1.54, 1.807) is 25.6 Å². The topological polar surface area (TPSA) is 107 Å². The summed E-state index contributed by atoms with van der Waals surface area (Å²) < 4.78 is 6.92. The van der Waals surface area contributed by atoms with Gasteiger partial charge < -0.3 is 10.2 Å². The number of nitrogens with one attached hydrogen (secondary N) is 1. The van der Waals surface area contributed by atoms with Gasteiger partial charge in [-0.2, -0.15) is 5.10 Å². The number of rotatable bonds is 3. The minimum absolute atomic E-state index is 0.0191. The van der Waals surface area contributed by atoms with Gasteiger partial charge in [-0.15, -0.1) is 10.2 Å². The molecule has 7 nitrogen and oxygen atoms in total. The van der Waals surface area contributed by atoms with E-state index in [0.29, 0.717) is 22.4 Å². The Balaban J connectivity index is 2.41. The van der Waals surface area contributed by atoms with Crippen molar-refractivity contribution >= 4 is 17.6 Å². The number of aromatic nitrogens is 4. The number of hydrogen-bond acceptors (Lipinski definition) is 6. The summed E-state index contributed by atoms with van der Waals surface area (Å²) in [5.74, 6) is 0.477. The highest BCUT2D eigenvalue weighted by molar-refractivity contribution is 7.99. The van der Waals surface area contributed by atoms with Gasteiger partial charge in [0.15, 0.2) is 0 Å². The molecular weight excluding hydrogens is 240 g/mol. The Morgan fingerprint density at radius 2 is 2.12 bits per heavy atom. The molecule has 0 amide bonds. The summed E-state index contributed by atoms with van der Waals surface area (Å²) >= 11 is 1.25. The van der Waals surface area contributed by atoms with Crippen molar-refractivity contribution in [1.29, 1.82) is 5.41 Å². The fourth-order valence-corrected chi connectivity index (χ4v) is 2.41. The molecule has 90 valence electrons. The van der Waals surface area contributed by atoms with E-state index in [4.69, 9.17) is 15.6 Å². The summed E-state index contributed by atoms with van der Waals surface area (Å²) in [6.07, 6.45) is 0. The lowest BCUT2D eigenvalue weighted by Gasteiger charge is -2.01. The zero-order chi connectivity index (χ0) is 12.6. The average Bonchev–Trinajstić information content (AvgIpc) is 2.72. The Kier molecular flexibility index (Phi) is 2.88. The fraction of sp³-hybridized carbons (Fsp3) is 0.333. The summed E-state index contributed by atoms with van der Waals surface area (Å²) in [7, 11) is 1.78. The Hall–Kier alpha value is -1.83. The first-order valence-electron chi connectivity index (χ1n) is 4.85. The maximum absolute atomic E-state index is 7.55. The van der Waals surface area contributed by atoms with Crippen LogP contribution in [0.3, 0.4) is 0 Å². The van der Waals surface area contributed by atoms with Crippen molar-refractivity contribution < 1.29 is 4.42 Å². The van der Waals surface area contributed by atoms with E-state index in [-0.39, 0.29) is 5.84 Å². The third kappa shape index (κ3) is 2.16. The van der Waals surface area contributed by atoms with E-state index in [2.05, 4.69) is 15.3 Å². The Labute approximate surface area is 102 Å². The largest absolute Gasteiger partial charge is 0.416 e.